The highest BCUT2D eigenvalue weighted by molar-refractivity contribution is 6.10. The van der Waals surface area contributed by atoms with Crippen molar-refractivity contribution >= 4 is 32.6 Å². The van der Waals surface area contributed by atoms with E-state index in [0.29, 0.717) is 0 Å². The summed E-state index contributed by atoms with van der Waals surface area (Å²) in [5.74, 6) is 0. The molecule has 0 saturated carbocycles. The van der Waals surface area contributed by atoms with Crippen LogP contribution < -0.4 is 0 Å². The molecule has 1 aliphatic rings. The molecule has 0 saturated heterocycles. The summed E-state index contributed by atoms with van der Waals surface area (Å²) in [6, 6.07) is 55.7. The molecular weight excluding hydrogens is 506 g/mol. The van der Waals surface area contributed by atoms with E-state index in [9.17, 15) is 0 Å². The second-order valence-corrected chi connectivity index (χ2v) is 11.4. The van der Waals surface area contributed by atoms with E-state index in [4.69, 9.17) is 0 Å². The van der Waals surface area contributed by atoms with Crippen molar-refractivity contribution in [3.8, 4) is 39.1 Å². The van der Waals surface area contributed by atoms with Gasteiger partial charge in [0.25, 0.3) is 0 Å². The van der Waals surface area contributed by atoms with E-state index < -0.39 is 0 Å². The van der Waals surface area contributed by atoms with Gasteiger partial charge >= 0.3 is 0 Å². The maximum atomic E-state index is 2.41. The van der Waals surface area contributed by atoms with Crippen molar-refractivity contribution in [2.24, 2.45) is 0 Å². The molecule has 0 unspecified atom stereocenters. The highest BCUT2D eigenvalue weighted by Gasteiger charge is 2.21. The standard InChI is InChI=1S/C41H27N/c1-2-11-33(12-3-1)42-40-16-7-6-14-36(40)39-25-29(21-22-41(39)42)28-17-18-30-23-31-19-20-32(26-38(31)37(30)24-28)35-15-8-10-27-9-4-5-13-34(27)35/h1-22,24-26H,23H2. The van der Waals surface area contributed by atoms with Gasteiger partial charge in [0.1, 0.15) is 0 Å². The molecule has 1 nitrogen and oxygen atoms in total. The van der Waals surface area contributed by atoms with E-state index in [2.05, 4.69) is 156 Å². The molecule has 8 aromatic rings. The van der Waals surface area contributed by atoms with Crippen LogP contribution in [-0.2, 0) is 6.42 Å². The van der Waals surface area contributed by atoms with Crippen LogP contribution in [0, 0.1) is 0 Å². The third-order valence-corrected chi connectivity index (χ3v) is 9.01. The van der Waals surface area contributed by atoms with Crippen molar-refractivity contribution in [3.05, 3.63) is 163 Å². The summed E-state index contributed by atoms with van der Waals surface area (Å²) in [6.45, 7) is 0. The number of rotatable bonds is 3. The summed E-state index contributed by atoms with van der Waals surface area (Å²) in [5.41, 5.74) is 14.3. The number of fused-ring (bicyclic) bond motifs is 7. The molecule has 0 spiro atoms. The molecule has 0 bridgehead atoms. The summed E-state index contributed by atoms with van der Waals surface area (Å²) in [7, 11) is 0. The van der Waals surface area contributed by atoms with Gasteiger partial charge in [0.05, 0.1) is 11.0 Å². The molecule has 0 aliphatic heterocycles. The number of aromatic nitrogens is 1. The van der Waals surface area contributed by atoms with Crippen molar-refractivity contribution in [1.82, 2.24) is 4.57 Å². The first-order chi connectivity index (χ1) is 20.8. The Hall–Kier alpha value is -5.40. The topological polar surface area (TPSA) is 4.93 Å². The Balaban J connectivity index is 1.18. The largest absolute Gasteiger partial charge is 0.309 e. The van der Waals surface area contributed by atoms with E-state index in [-0.39, 0.29) is 0 Å². The Bertz CT molecular complexity index is 2320. The zero-order valence-corrected chi connectivity index (χ0v) is 23.1. The molecule has 9 rings (SSSR count). The molecule has 0 N–H and O–H groups in total. The fourth-order valence-corrected chi connectivity index (χ4v) is 7.00. The highest BCUT2D eigenvalue weighted by atomic mass is 15.0. The molecule has 1 heterocycles. The molecule has 0 atom stereocenters. The fourth-order valence-electron chi connectivity index (χ4n) is 7.00. The van der Waals surface area contributed by atoms with Crippen LogP contribution in [0.25, 0.3) is 71.6 Å². The van der Waals surface area contributed by atoms with Crippen molar-refractivity contribution in [2.75, 3.05) is 0 Å². The lowest BCUT2D eigenvalue weighted by Gasteiger charge is -2.11. The van der Waals surface area contributed by atoms with Gasteiger partial charge in [-0.05, 0) is 104 Å². The quantitative estimate of drug-likeness (QED) is 0.213. The first-order valence-electron chi connectivity index (χ1n) is 14.7. The van der Waals surface area contributed by atoms with Gasteiger partial charge < -0.3 is 4.57 Å². The first-order valence-corrected chi connectivity index (χ1v) is 14.7. The molecule has 0 amide bonds. The van der Waals surface area contributed by atoms with Crippen molar-refractivity contribution in [1.29, 1.82) is 0 Å². The van der Waals surface area contributed by atoms with Gasteiger partial charge in [-0.15, -0.1) is 0 Å². The Morgan fingerprint density at radius 3 is 1.86 bits per heavy atom. The summed E-state index contributed by atoms with van der Waals surface area (Å²) in [5, 5.41) is 5.15. The fraction of sp³-hybridized carbons (Fsp3) is 0.0244. The summed E-state index contributed by atoms with van der Waals surface area (Å²) >= 11 is 0. The van der Waals surface area contributed by atoms with Crippen molar-refractivity contribution in [3.63, 3.8) is 0 Å². The molecule has 1 aromatic heterocycles. The minimum atomic E-state index is 0.990. The van der Waals surface area contributed by atoms with Gasteiger partial charge in [0.15, 0.2) is 0 Å². The predicted molar refractivity (Wildman–Crippen MR) is 177 cm³/mol. The normalized spacial score (nSPS) is 12.2. The monoisotopic (exact) mass is 533 g/mol. The number of para-hydroxylation sites is 2. The predicted octanol–water partition coefficient (Wildman–Crippen LogP) is 10.8. The Kier molecular flexibility index (Phi) is 5.03. The molecule has 42 heavy (non-hydrogen) atoms. The lowest BCUT2D eigenvalue weighted by molar-refractivity contribution is 1.18. The number of benzene rings is 7. The SMILES string of the molecule is c1ccc(-n2c3ccccc3c3cc(-c4ccc5c(c4)-c4cc(-c6cccc7ccccc67)ccc4C5)ccc32)cc1. The summed E-state index contributed by atoms with van der Waals surface area (Å²) < 4.78 is 2.38. The molecular formula is C41H27N. The zero-order valence-electron chi connectivity index (χ0n) is 23.1. The van der Waals surface area contributed by atoms with Crippen molar-refractivity contribution in [2.45, 2.75) is 6.42 Å². The van der Waals surface area contributed by atoms with Gasteiger partial charge in [0.2, 0.25) is 0 Å². The first kappa shape index (κ1) is 23.3. The third kappa shape index (κ3) is 3.50. The van der Waals surface area contributed by atoms with Gasteiger partial charge in [-0.2, -0.15) is 0 Å². The van der Waals surface area contributed by atoms with Gasteiger partial charge in [-0.1, -0.05) is 109 Å². The average molecular weight is 534 g/mol. The van der Waals surface area contributed by atoms with Crippen LogP contribution in [0.2, 0.25) is 0 Å². The van der Waals surface area contributed by atoms with Crippen LogP contribution in [0.5, 0.6) is 0 Å². The maximum absolute atomic E-state index is 2.41. The molecule has 7 aromatic carbocycles. The summed E-state index contributed by atoms with van der Waals surface area (Å²) in [4.78, 5) is 0. The van der Waals surface area contributed by atoms with Crippen LogP contribution in [0.4, 0.5) is 0 Å². The van der Waals surface area contributed by atoms with Gasteiger partial charge in [-0.3, -0.25) is 0 Å². The Morgan fingerprint density at radius 1 is 0.381 bits per heavy atom. The lowest BCUT2D eigenvalue weighted by atomic mass is 9.94. The van der Waals surface area contributed by atoms with Crippen molar-refractivity contribution < 1.29 is 0 Å². The van der Waals surface area contributed by atoms with E-state index in [1.54, 1.807) is 0 Å². The van der Waals surface area contributed by atoms with Gasteiger partial charge in [0, 0.05) is 16.5 Å². The van der Waals surface area contributed by atoms with Crippen LogP contribution in [0.1, 0.15) is 11.1 Å². The second-order valence-electron chi connectivity index (χ2n) is 11.4. The number of hydrogen-bond acceptors (Lipinski definition) is 0. The van der Waals surface area contributed by atoms with E-state index in [0.717, 1.165) is 6.42 Å². The molecule has 196 valence electrons. The maximum Gasteiger partial charge on any atom is 0.0541 e. The average Bonchev–Trinajstić information content (AvgIpc) is 3.59. The molecule has 1 heteroatoms. The molecule has 0 radical (unpaired) electrons. The van der Waals surface area contributed by atoms with E-state index >= 15 is 0 Å². The second kappa shape index (κ2) is 9.06. The van der Waals surface area contributed by atoms with Gasteiger partial charge in [-0.25, -0.2) is 0 Å². The smallest absolute Gasteiger partial charge is 0.0541 e. The van der Waals surface area contributed by atoms with E-state index in [1.165, 1.54) is 82.8 Å². The zero-order chi connectivity index (χ0) is 27.6. The van der Waals surface area contributed by atoms with Crippen LogP contribution in [0.15, 0.2) is 152 Å². The minimum Gasteiger partial charge on any atom is -0.309 e. The molecule has 0 fully saturated rings. The van der Waals surface area contributed by atoms with E-state index in [1.807, 2.05) is 0 Å². The third-order valence-electron chi connectivity index (χ3n) is 9.01. The van der Waals surface area contributed by atoms with Crippen LogP contribution >= 0.6 is 0 Å². The Morgan fingerprint density at radius 2 is 1.00 bits per heavy atom. The Labute approximate surface area is 244 Å². The number of hydrogen-bond donors (Lipinski definition) is 0. The molecule has 1 aliphatic carbocycles. The van der Waals surface area contributed by atoms with Crippen LogP contribution in [-0.4, -0.2) is 4.57 Å². The summed E-state index contributed by atoms with van der Waals surface area (Å²) in [6.07, 6.45) is 0.990. The highest BCUT2D eigenvalue weighted by Crippen LogP contribution is 2.42. The van der Waals surface area contributed by atoms with Crippen LogP contribution in [0.3, 0.4) is 0 Å². The minimum absolute atomic E-state index is 0.990. The number of nitrogens with zero attached hydrogens (tertiary/aromatic N) is 1. The lowest BCUT2D eigenvalue weighted by Crippen LogP contribution is -1.92.